The van der Waals surface area contributed by atoms with Gasteiger partial charge in [-0.25, -0.2) is 0 Å². The van der Waals surface area contributed by atoms with E-state index in [1.54, 1.807) is 0 Å². The molecule has 1 heterocycles. The van der Waals surface area contributed by atoms with Crippen molar-refractivity contribution >= 4 is 11.8 Å². The Hall–Kier alpha value is -1.06. The summed E-state index contributed by atoms with van der Waals surface area (Å²) < 4.78 is 0. The zero-order chi connectivity index (χ0) is 14.0. The molecule has 2 rings (SSSR count). The third kappa shape index (κ3) is 3.48. The second-order valence-corrected chi connectivity index (χ2v) is 6.64. The highest BCUT2D eigenvalue weighted by Gasteiger charge is 2.37. The van der Waals surface area contributed by atoms with Crippen LogP contribution in [-0.4, -0.2) is 35.3 Å². The number of rotatable bonds is 3. The van der Waals surface area contributed by atoms with E-state index in [0.717, 1.165) is 19.3 Å². The highest BCUT2D eigenvalue weighted by atomic mass is 16.2. The summed E-state index contributed by atoms with van der Waals surface area (Å²) in [5.74, 6) is 1.22. The van der Waals surface area contributed by atoms with Crippen LogP contribution in [0.4, 0.5) is 0 Å². The van der Waals surface area contributed by atoms with Crippen LogP contribution in [0.5, 0.6) is 0 Å². The lowest BCUT2D eigenvalue weighted by Crippen LogP contribution is -2.61. The van der Waals surface area contributed by atoms with E-state index in [1.165, 1.54) is 12.8 Å². The van der Waals surface area contributed by atoms with E-state index in [4.69, 9.17) is 0 Å². The van der Waals surface area contributed by atoms with Gasteiger partial charge in [0, 0.05) is 6.04 Å². The summed E-state index contributed by atoms with van der Waals surface area (Å²) in [4.78, 5) is 26.2. The highest BCUT2D eigenvalue weighted by molar-refractivity contribution is 5.95. The van der Waals surface area contributed by atoms with Crippen LogP contribution in [0.15, 0.2) is 0 Å². The number of carbonyl (C=O) groups is 2. The Morgan fingerprint density at radius 2 is 2.05 bits per heavy atom. The van der Waals surface area contributed by atoms with Gasteiger partial charge < -0.3 is 10.2 Å². The number of hydrogen-bond donors (Lipinski definition) is 1. The normalized spacial score (nSPS) is 32.6. The van der Waals surface area contributed by atoms with E-state index < -0.39 is 0 Å². The molecule has 1 saturated carbocycles. The Balaban J connectivity index is 2.06. The molecular weight excluding hydrogens is 240 g/mol. The van der Waals surface area contributed by atoms with Crippen LogP contribution >= 0.6 is 0 Å². The van der Waals surface area contributed by atoms with Gasteiger partial charge in [-0.15, -0.1) is 0 Å². The summed E-state index contributed by atoms with van der Waals surface area (Å²) >= 11 is 0. The summed E-state index contributed by atoms with van der Waals surface area (Å²) in [6.45, 7) is 6.67. The number of carbonyl (C=O) groups excluding carboxylic acids is 2. The van der Waals surface area contributed by atoms with Crippen molar-refractivity contribution in [1.29, 1.82) is 0 Å². The van der Waals surface area contributed by atoms with Crippen molar-refractivity contribution in [2.75, 3.05) is 6.54 Å². The van der Waals surface area contributed by atoms with Gasteiger partial charge in [-0.3, -0.25) is 9.59 Å². The molecular formula is C15H26N2O2. The smallest absolute Gasteiger partial charge is 0.245 e. The van der Waals surface area contributed by atoms with Crippen LogP contribution in [-0.2, 0) is 9.59 Å². The predicted octanol–water partition coefficient (Wildman–Crippen LogP) is 1.94. The fourth-order valence-corrected chi connectivity index (χ4v) is 3.36. The van der Waals surface area contributed by atoms with E-state index in [9.17, 15) is 9.59 Å². The third-order valence-electron chi connectivity index (χ3n) is 4.29. The molecule has 1 N–H and O–H groups in total. The number of piperazine rings is 1. The molecule has 4 nitrogen and oxygen atoms in total. The Bertz CT molecular complexity index is 354. The lowest BCUT2D eigenvalue weighted by molar-refractivity contribution is -0.148. The Kier molecular flexibility index (Phi) is 4.48. The van der Waals surface area contributed by atoms with Crippen molar-refractivity contribution in [3.8, 4) is 0 Å². The monoisotopic (exact) mass is 266 g/mol. The van der Waals surface area contributed by atoms with E-state index in [-0.39, 0.29) is 30.4 Å². The molecule has 0 bridgehead atoms. The molecule has 2 aliphatic rings. The topological polar surface area (TPSA) is 49.4 Å². The van der Waals surface area contributed by atoms with Crippen molar-refractivity contribution in [3.63, 3.8) is 0 Å². The van der Waals surface area contributed by atoms with Crippen molar-refractivity contribution in [1.82, 2.24) is 10.2 Å². The second kappa shape index (κ2) is 5.93. The molecule has 0 aromatic rings. The van der Waals surface area contributed by atoms with Gasteiger partial charge in [0.15, 0.2) is 0 Å². The van der Waals surface area contributed by atoms with Gasteiger partial charge in [0.2, 0.25) is 11.8 Å². The summed E-state index contributed by atoms with van der Waals surface area (Å²) in [6, 6.07) is -0.0320. The minimum Gasteiger partial charge on any atom is -0.343 e. The quantitative estimate of drug-likeness (QED) is 0.848. The number of hydrogen-bond acceptors (Lipinski definition) is 2. The average molecular weight is 266 g/mol. The zero-order valence-corrected chi connectivity index (χ0v) is 12.3. The van der Waals surface area contributed by atoms with E-state index in [2.05, 4.69) is 26.1 Å². The molecule has 19 heavy (non-hydrogen) atoms. The standard InChI is InChI=1S/C15H26N2O2/c1-10(2)7-13-15(19)17(9-14(18)16-13)12-6-4-5-11(3)8-12/h10-13H,4-9H2,1-3H3,(H,16,18). The zero-order valence-electron chi connectivity index (χ0n) is 12.3. The number of nitrogens with one attached hydrogen (secondary N) is 1. The van der Waals surface area contributed by atoms with E-state index in [1.807, 2.05) is 4.90 Å². The van der Waals surface area contributed by atoms with Crippen molar-refractivity contribution in [3.05, 3.63) is 0 Å². The lowest BCUT2D eigenvalue weighted by Gasteiger charge is -2.41. The predicted molar refractivity (Wildman–Crippen MR) is 74.5 cm³/mol. The second-order valence-electron chi connectivity index (χ2n) is 6.64. The maximum absolute atomic E-state index is 12.5. The first-order chi connectivity index (χ1) is 8.97. The van der Waals surface area contributed by atoms with E-state index in [0.29, 0.717) is 11.8 Å². The van der Waals surface area contributed by atoms with Gasteiger partial charge in [-0.05, 0) is 31.1 Å². The van der Waals surface area contributed by atoms with Crippen molar-refractivity contribution in [2.45, 2.75) is 65.0 Å². The van der Waals surface area contributed by atoms with Gasteiger partial charge in [0.1, 0.15) is 6.04 Å². The molecule has 108 valence electrons. The lowest BCUT2D eigenvalue weighted by atomic mass is 9.85. The van der Waals surface area contributed by atoms with Gasteiger partial charge >= 0.3 is 0 Å². The SMILES string of the molecule is CC(C)CC1NC(=O)CN(C2CCCC(C)C2)C1=O. The molecule has 2 amide bonds. The molecule has 0 aromatic carbocycles. The Morgan fingerprint density at radius 1 is 1.32 bits per heavy atom. The summed E-state index contributed by atoms with van der Waals surface area (Å²) in [5, 5.41) is 2.85. The van der Waals surface area contributed by atoms with Gasteiger partial charge in [-0.1, -0.05) is 33.6 Å². The Morgan fingerprint density at radius 3 is 2.68 bits per heavy atom. The largest absolute Gasteiger partial charge is 0.343 e. The molecule has 1 aliphatic heterocycles. The molecule has 2 fully saturated rings. The molecule has 4 heteroatoms. The minimum atomic E-state index is -0.307. The van der Waals surface area contributed by atoms with Crippen LogP contribution in [0, 0.1) is 11.8 Å². The van der Waals surface area contributed by atoms with Crippen molar-refractivity contribution in [2.24, 2.45) is 11.8 Å². The van der Waals surface area contributed by atoms with Crippen LogP contribution in [0.25, 0.3) is 0 Å². The number of nitrogens with zero attached hydrogens (tertiary/aromatic N) is 1. The average Bonchev–Trinajstić information content (AvgIpc) is 2.32. The summed E-state index contributed by atoms with van der Waals surface area (Å²) in [6.07, 6.45) is 5.26. The first-order valence-electron chi connectivity index (χ1n) is 7.57. The summed E-state index contributed by atoms with van der Waals surface area (Å²) in [5.41, 5.74) is 0. The third-order valence-corrected chi connectivity index (χ3v) is 4.29. The number of amides is 2. The molecule has 1 saturated heterocycles. The van der Waals surface area contributed by atoms with Crippen LogP contribution < -0.4 is 5.32 Å². The molecule has 0 radical (unpaired) electrons. The van der Waals surface area contributed by atoms with Crippen molar-refractivity contribution < 1.29 is 9.59 Å². The van der Waals surface area contributed by atoms with Gasteiger partial charge in [0.25, 0.3) is 0 Å². The Labute approximate surface area is 115 Å². The van der Waals surface area contributed by atoms with Crippen LogP contribution in [0.2, 0.25) is 0 Å². The first-order valence-corrected chi connectivity index (χ1v) is 7.57. The molecule has 3 atom stereocenters. The maximum Gasteiger partial charge on any atom is 0.245 e. The maximum atomic E-state index is 12.5. The van der Waals surface area contributed by atoms with E-state index >= 15 is 0 Å². The molecule has 1 aliphatic carbocycles. The fraction of sp³-hybridized carbons (Fsp3) is 0.867. The molecule has 0 aromatic heterocycles. The molecule has 3 unspecified atom stereocenters. The van der Waals surface area contributed by atoms with Gasteiger partial charge in [-0.2, -0.15) is 0 Å². The minimum absolute atomic E-state index is 0.00322. The fourth-order valence-electron chi connectivity index (χ4n) is 3.36. The summed E-state index contributed by atoms with van der Waals surface area (Å²) in [7, 11) is 0. The molecule has 0 spiro atoms. The van der Waals surface area contributed by atoms with Crippen LogP contribution in [0.1, 0.15) is 52.9 Å². The van der Waals surface area contributed by atoms with Crippen LogP contribution in [0.3, 0.4) is 0 Å². The van der Waals surface area contributed by atoms with Gasteiger partial charge in [0.05, 0.1) is 6.54 Å². The highest BCUT2D eigenvalue weighted by Crippen LogP contribution is 2.28. The first kappa shape index (κ1) is 14.4.